The number of benzene rings is 1. The number of hydrogen-bond donors (Lipinski definition) is 1. The van der Waals surface area contributed by atoms with E-state index in [1.165, 1.54) is 4.57 Å². The van der Waals surface area contributed by atoms with Crippen molar-refractivity contribution in [1.82, 2.24) is 4.57 Å². The zero-order chi connectivity index (χ0) is 14.8. The van der Waals surface area contributed by atoms with Crippen LogP contribution in [0.25, 0.3) is 10.1 Å². The van der Waals surface area contributed by atoms with Crippen LogP contribution >= 0.6 is 24.0 Å². The molecule has 0 atom stereocenters. The number of thiol groups is 1. The molecule has 0 aliphatic heterocycles. The molecule has 108 valence electrons. The van der Waals surface area contributed by atoms with E-state index in [-0.39, 0.29) is 15.8 Å². The van der Waals surface area contributed by atoms with Crippen LogP contribution in [0.1, 0.15) is 26.7 Å². The third-order valence-electron chi connectivity index (χ3n) is 4.11. The second-order valence-corrected chi connectivity index (χ2v) is 6.43. The fourth-order valence-electron chi connectivity index (χ4n) is 2.33. The van der Waals surface area contributed by atoms with Crippen LogP contribution in [-0.4, -0.2) is 10.3 Å². The highest BCUT2D eigenvalue weighted by Gasteiger charge is 2.26. The van der Waals surface area contributed by atoms with E-state index in [1.807, 2.05) is 18.2 Å². The van der Waals surface area contributed by atoms with Gasteiger partial charge >= 0.3 is 4.87 Å². The molecule has 0 unspecified atom stereocenters. The van der Waals surface area contributed by atoms with Gasteiger partial charge in [-0.15, -0.1) is 0 Å². The predicted octanol–water partition coefficient (Wildman–Crippen LogP) is 3.16. The molecule has 0 amide bonds. The Kier molecular flexibility index (Phi) is 4.70. The van der Waals surface area contributed by atoms with Crippen molar-refractivity contribution in [3.63, 3.8) is 0 Å². The first-order chi connectivity index (χ1) is 9.56. The van der Waals surface area contributed by atoms with Gasteiger partial charge in [-0.3, -0.25) is 14.2 Å². The highest BCUT2D eigenvalue weighted by atomic mass is 32.1. The summed E-state index contributed by atoms with van der Waals surface area (Å²) in [4.78, 5) is 24.6. The molecule has 0 aliphatic carbocycles. The number of fused-ring (bicyclic) bond motifs is 1. The standard InChI is InChI=1S/C15H19NO2S2/c1-3-15(4-2,10-19)9-16-13(17)11-7-5-6-8-12(11)20-14(16)18/h5-8,19H,3-4,9-10H2,1-2H3. The molecule has 0 fully saturated rings. The molecular weight excluding hydrogens is 290 g/mol. The molecule has 0 spiro atoms. The molecule has 1 aromatic heterocycles. The van der Waals surface area contributed by atoms with Crippen LogP contribution in [0.3, 0.4) is 0 Å². The maximum atomic E-state index is 12.5. The summed E-state index contributed by atoms with van der Waals surface area (Å²) in [6.07, 6.45) is 1.80. The van der Waals surface area contributed by atoms with E-state index in [1.54, 1.807) is 6.07 Å². The summed E-state index contributed by atoms with van der Waals surface area (Å²) in [5.41, 5.74) is -0.279. The quantitative estimate of drug-likeness (QED) is 0.862. The maximum Gasteiger partial charge on any atom is 0.310 e. The van der Waals surface area contributed by atoms with Crippen molar-refractivity contribution in [2.75, 3.05) is 5.75 Å². The van der Waals surface area contributed by atoms with E-state index in [4.69, 9.17) is 0 Å². The highest BCUT2D eigenvalue weighted by Crippen LogP contribution is 2.29. The average molecular weight is 309 g/mol. The van der Waals surface area contributed by atoms with Crippen molar-refractivity contribution in [3.05, 3.63) is 44.3 Å². The summed E-state index contributed by atoms with van der Waals surface area (Å²) < 4.78 is 2.14. The lowest BCUT2D eigenvalue weighted by Gasteiger charge is -2.30. The summed E-state index contributed by atoms with van der Waals surface area (Å²) in [6, 6.07) is 7.28. The van der Waals surface area contributed by atoms with Crippen LogP contribution in [0.4, 0.5) is 0 Å². The smallest absolute Gasteiger partial charge is 0.269 e. The van der Waals surface area contributed by atoms with Crippen molar-refractivity contribution in [2.24, 2.45) is 5.41 Å². The van der Waals surface area contributed by atoms with Gasteiger partial charge in [0.15, 0.2) is 0 Å². The fourth-order valence-corrected chi connectivity index (χ4v) is 3.73. The molecule has 0 bridgehead atoms. The zero-order valence-electron chi connectivity index (χ0n) is 11.8. The summed E-state index contributed by atoms with van der Waals surface area (Å²) in [7, 11) is 0. The minimum atomic E-state index is -0.183. The Bertz CT molecular complexity index is 705. The van der Waals surface area contributed by atoms with Gasteiger partial charge in [0.1, 0.15) is 0 Å². The largest absolute Gasteiger partial charge is 0.310 e. The number of hydrogen-bond acceptors (Lipinski definition) is 4. The van der Waals surface area contributed by atoms with E-state index in [0.29, 0.717) is 17.7 Å². The molecule has 1 heterocycles. The normalized spacial score (nSPS) is 11.9. The lowest BCUT2D eigenvalue weighted by Crippen LogP contribution is -2.39. The first-order valence-electron chi connectivity index (χ1n) is 6.80. The van der Waals surface area contributed by atoms with Gasteiger partial charge in [-0.2, -0.15) is 12.6 Å². The van der Waals surface area contributed by atoms with E-state index >= 15 is 0 Å². The van der Waals surface area contributed by atoms with Crippen LogP contribution in [0.2, 0.25) is 0 Å². The lowest BCUT2D eigenvalue weighted by atomic mass is 9.84. The van der Waals surface area contributed by atoms with Crippen LogP contribution in [0, 0.1) is 5.41 Å². The van der Waals surface area contributed by atoms with Gasteiger partial charge in [0, 0.05) is 11.2 Å². The maximum absolute atomic E-state index is 12.5. The summed E-state index contributed by atoms with van der Waals surface area (Å²) in [6.45, 7) is 4.61. The van der Waals surface area contributed by atoms with Crippen molar-refractivity contribution < 1.29 is 0 Å². The second kappa shape index (κ2) is 6.14. The van der Waals surface area contributed by atoms with E-state index in [0.717, 1.165) is 28.9 Å². The Balaban J connectivity index is 2.61. The molecule has 0 radical (unpaired) electrons. The number of rotatable bonds is 5. The Morgan fingerprint density at radius 3 is 2.45 bits per heavy atom. The Hall–Kier alpha value is -1.07. The molecule has 3 nitrogen and oxygen atoms in total. The van der Waals surface area contributed by atoms with Gasteiger partial charge in [-0.25, -0.2) is 0 Å². The molecule has 1 aromatic carbocycles. The minimum Gasteiger partial charge on any atom is -0.269 e. The zero-order valence-corrected chi connectivity index (χ0v) is 13.5. The average Bonchev–Trinajstić information content (AvgIpc) is 2.48. The van der Waals surface area contributed by atoms with Gasteiger partial charge < -0.3 is 0 Å². The first-order valence-corrected chi connectivity index (χ1v) is 8.25. The first kappa shape index (κ1) is 15.3. The molecule has 5 heteroatoms. The van der Waals surface area contributed by atoms with E-state index < -0.39 is 0 Å². The topological polar surface area (TPSA) is 39.1 Å². The van der Waals surface area contributed by atoms with E-state index in [2.05, 4.69) is 26.5 Å². The molecule has 0 saturated carbocycles. The summed E-state index contributed by atoms with van der Waals surface area (Å²) in [5, 5.41) is 0.623. The summed E-state index contributed by atoms with van der Waals surface area (Å²) in [5.74, 6) is 0.670. The van der Waals surface area contributed by atoms with Gasteiger partial charge in [0.25, 0.3) is 5.56 Å². The molecule has 0 saturated heterocycles. The second-order valence-electron chi connectivity index (χ2n) is 5.12. The van der Waals surface area contributed by atoms with Gasteiger partial charge in [-0.1, -0.05) is 37.3 Å². The molecule has 2 aromatic rings. The van der Waals surface area contributed by atoms with Crippen molar-refractivity contribution >= 4 is 34.1 Å². The molecular formula is C15H19NO2S2. The molecule has 0 N–H and O–H groups in total. The fraction of sp³-hybridized carbons (Fsp3) is 0.467. The van der Waals surface area contributed by atoms with Crippen molar-refractivity contribution in [2.45, 2.75) is 33.2 Å². The third kappa shape index (κ3) is 2.69. The minimum absolute atomic E-state index is 0.0960. The molecule has 20 heavy (non-hydrogen) atoms. The van der Waals surface area contributed by atoms with Crippen molar-refractivity contribution in [1.29, 1.82) is 0 Å². The lowest BCUT2D eigenvalue weighted by molar-refractivity contribution is 0.253. The van der Waals surface area contributed by atoms with Crippen LogP contribution in [0.5, 0.6) is 0 Å². The Morgan fingerprint density at radius 1 is 1.20 bits per heavy atom. The monoisotopic (exact) mass is 309 g/mol. The Morgan fingerprint density at radius 2 is 1.85 bits per heavy atom. The molecule has 2 rings (SSSR count). The van der Waals surface area contributed by atoms with Gasteiger partial charge in [-0.05, 0) is 36.1 Å². The van der Waals surface area contributed by atoms with Gasteiger partial charge in [0.2, 0.25) is 0 Å². The Labute approximate surface area is 127 Å². The van der Waals surface area contributed by atoms with Crippen molar-refractivity contribution in [3.8, 4) is 0 Å². The summed E-state index contributed by atoms with van der Waals surface area (Å²) >= 11 is 5.56. The highest BCUT2D eigenvalue weighted by molar-refractivity contribution is 7.80. The number of nitrogens with zero attached hydrogens (tertiary/aromatic N) is 1. The van der Waals surface area contributed by atoms with Crippen LogP contribution in [-0.2, 0) is 6.54 Å². The SMILES string of the molecule is CCC(CC)(CS)Cn1c(=O)sc2ccccc2c1=O. The van der Waals surface area contributed by atoms with Gasteiger partial charge in [0.05, 0.1) is 5.39 Å². The van der Waals surface area contributed by atoms with Crippen LogP contribution in [0.15, 0.2) is 33.9 Å². The third-order valence-corrected chi connectivity index (χ3v) is 5.75. The number of aromatic nitrogens is 1. The molecule has 0 aliphatic rings. The van der Waals surface area contributed by atoms with Crippen LogP contribution < -0.4 is 10.4 Å². The predicted molar refractivity (Wildman–Crippen MR) is 89.2 cm³/mol. The van der Waals surface area contributed by atoms with E-state index in [9.17, 15) is 9.59 Å².